The third kappa shape index (κ3) is 3.18. The number of ether oxygens (including phenoxy) is 1. The molecule has 0 bridgehead atoms. The summed E-state index contributed by atoms with van der Waals surface area (Å²) in [5, 5.41) is 2.71. The largest absolute Gasteiger partial charge is 0.385 e. The molecular weight excluding hydrogens is 269 g/mol. The number of aromatic nitrogens is 2. The van der Waals surface area contributed by atoms with E-state index in [0.717, 1.165) is 0 Å². The molecule has 2 aromatic rings. The molecule has 2 rings (SSSR count). The van der Waals surface area contributed by atoms with E-state index >= 15 is 0 Å². The Morgan fingerprint density at radius 1 is 1.47 bits per heavy atom. The zero-order valence-electron chi connectivity index (χ0n) is 10.4. The fraction of sp³-hybridized carbons (Fsp3) is 0.333. The summed E-state index contributed by atoms with van der Waals surface area (Å²) in [7, 11) is 1.60. The maximum Gasteiger partial charge on any atom is 0.253 e. The zero-order chi connectivity index (χ0) is 13.8. The minimum atomic E-state index is -0.486. The van der Waals surface area contributed by atoms with Crippen molar-refractivity contribution in [1.29, 1.82) is 0 Å². The van der Waals surface area contributed by atoms with E-state index in [-0.39, 0.29) is 11.5 Å². The average Bonchev–Trinajstić information content (AvgIpc) is 2.73. The zero-order valence-corrected chi connectivity index (χ0v) is 11.2. The van der Waals surface area contributed by atoms with E-state index in [0.29, 0.717) is 35.4 Å². The fourth-order valence-electron chi connectivity index (χ4n) is 1.80. The second-order valence-corrected chi connectivity index (χ2v) is 4.47. The number of hydrogen-bond donors (Lipinski definition) is 3. The molecular formula is C12H14FN3O2S. The monoisotopic (exact) mass is 283 g/mol. The van der Waals surface area contributed by atoms with Crippen LogP contribution in [0.2, 0.25) is 0 Å². The number of nitrogens with one attached hydrogen (secondary N) is 3. The van der Waals surface area contributed by atoms with Gasteiger partial charge in [0.2, 0.25) is 0 Å². The highest BCUT2D eigenvalue weighted by atomic mass is 32.1. The first kappa shape index (κ1) is 13.7. The van der Waals surface area contributed by atoms with Crippen LogP contribution in [0.5, 0.6) is 0 Å². The molecule has 1 aromatic carbocycles. The standard InChI is InChI=1S/C12H14FN3O2S/c1-18-4-2-3-14-11(17)8-5-7(13)6-9-10(8)16-12(19)15-9/h5-6H,2-4H2,1H3,(H,14,17)(H2,15,16,19). The lowest BCUT2D eigenvalue weighted by atomic mass is 10.1. The number of methoxy groups -OCH3 is 1. The summed E-state index contributed by atoms with van der Waals surface area (Å²) >= 11 is 4.94. The summed E-state index contributed by atoms with van der Waals surface area (Å²) in [6.45, 7) is 1.03. The highest BCUT2D eigenvalue weighted by Crippen LogP contribution is 2.17. The van der Waals surface area contributed by atoms with Crippen LogP contribution in [0.25, 0.3) is 11.0 Å². The third-order valence-electron chi connectivity index (χ3n) is 2.65. The van der Waals surface area contributed by atoms with Crippen molar-refractivity contribution in [3.63, 3.8) is 0 Å². The topological polar surface area (TPSA) is 69.9 Å². The molecule has 0 unspecified atom stereocenters. The molecule has 102 valence electrons. The molecule has 1 amide bonds. The molecule has 0 aliphatic heterocycles. The SMILES string of the molecule is COCCCNC(=O)c1cc(F)cc2[nH]c(=S)[nH]c12. The Kier molecular flexibility index (Phi) is 4.28. The molecule has 0 fully saturated rings. The number of rotatable bonds is 5. The van der Waals surface area contributed by atoms with E-state index in [1.54, 1.807) is 7.11 Å². The predicted molar refractivity (Wildman–Crippen MR) is 72.3 cm³/mol. The van der Waals surface area contributed by atoms with E-state index in [9.17, 15) is 9.18 Å². The lowest BCUT2D eigenvalue weighted by Gasteiger charge is -2.06. The van der Waals surface area contributed by atoms with Crippen LogP contribution in [-0.4, -0.2) is 36.1 Å². The van der Waals surface area contributed by atoms with Crippen LogP contribution in [0.1, 0.15) is 16.8 Å². The van der Waals surface area contributed by atoms with Gasteiger partial charge in [0.05, 0.1) is 16.6 Å². The van der Waals surface area contributed by atoms with Gasteiger partial charge in [0.1, 0.15) is 5.82 Å². The first-order valence-corrected chi connectivity index (χ1v) is 6.21. The Balaban J connectivity index is 2.23. The molecule has 5 nitrogen and oxygen atoms in total. The van der Waals surface area contributed by atoms with Gasteiger partial charge in [0.25, 0.3) is 5.91 Å². The van der Waals surface area contributed by atoms with Crippen molar-refractivity contribution >= 4 is 29.2 Å². The van der Waals surface area contributed by atoms with Gasteiger partial charge in [0, 0.05) is 20.3 Å². The molecule has 1 heterocycles. The number of aromatic amines is 2. The molecule has 0 saturated heterocycles. The van der Waals surface area contributed by atoms with Gasteiger partial charge < -0.3 is 20.0 Å². The van der Waals surface area contributed by atoms with Gasteiger partial charge >= 0.3 is 0 Å². The lowest BCUT2D eigenvalue weighted by Crippen LogP contribution is -2.25. The average molecular weight is 283 g/mol. The number of hydrogen-bond acceptors (Lipinski definition) is 3. The van der Waals surface area contributed by atoms with Gasteiger partial charge in [0.15, 0.2) is 4.77 Å². The fourth-order valence-corrected chi connectivity index (χ4v) is 2.01. The van der Waals surface area contributed by atoms with Gasteiger partial charge in [-0.15, -0.1) is 0 Å². The van der Waals surface area contributed by atoms with Crippen LogP contribution in [-0.2, 0) is 4.74 Å². The Hall–Kier alpha value is -1.73. The Labute approximate surface area is 114 Å². The number of imidazole rings is 1. The molecule has 0 spiro atoms. The number of carbonyl (C=O) groups is 1. The van der Waals surface area contributed by atoms with Crippen molar-refractivity contribution in [2.24, 2.45) is 0 Å². The number of benzene rings is 1. The maximum atomic E-state index is 13.4. The van der Waals surface area contributed by atoms with Crippen LogP contribution in [0.3, 0.4) is 0 Å². The second-order valence-electron chi connectivity index (χ2n) is 4.06. The molecule has 3 N–H and O–H groups in total. The number of amides is 1. The second kappa shape index (κ2) is 5.94. The molecule has 0 atom stereocenters. The molecule has 0 aliphatic carbocycles. The molecule has 19 heavy (non-hydrogen) atoms. The van der Waals surface area contributed by atoms with Gasteiger partial charge in [-0.3, -0.25) is 4.79 Å². The van der Waals surface area contributed by atoms with Crippen molar-refractivity contribution in [1.82, 2.24) is 15.3 Å². The van der Waals surface area contributed by atoms with Gasteiger partial charge in [-0.05, 0) is 30.8 Å². The van der Waals surface area contributed by atoms with Crippen molar-refractivity contribution in [2.45, 2.75) is 6.42 Å². The van der Waals surface area contributed by atoms with Crippen molar-refractivity contribution < 1.29 is 13.9 Å². The van der Waals surface area contributed by atoms with E-state index in [1.807, 2.05) is 0 Å². The molecule has 1 aromatic heterocycles. The van der Waals surface area contributed by atoms with E-state index in [1.165, 1.54) is 12.1 Å². The summed E-state index contributed by atoms with van der Waals surface area (Å²) in [5.74, 6) is -0.828. The van der Waals surface area contributed by atoms with Crippen LogP contribution in [0, 0.1) is 10.6 Å². The Bertz CT molecular complexity index is 650. The normalized spacial score (nSPS) is 10.8. The van der Waals surface area contributed by atoms with Gasteiger partial charge in [-0.2, -0.15) is 0 Å². The van der Waals surface area contributed by atoms with Crippen LogP contribution >= 0.6 is 12.2 Å². The number of H-pyrrole nitrogens is 2. The number of halogens is 1. The summed E-state index contributed by atoms with van der Waals surface area (Å²) in [4.78, 5) is 17.6. The molecule has 7 heteroatoms. The maximum absolute atomic E-state index is 13.4. The third-order valence-corrected chi connectivity index (χ3v) is 2.85. The van der Waals surface area contributed by atoms with Crippen LogP contribution < -0.4 is 5.32 Å². The minimum absolute atomic E-state index is 0.236. The summed E-state index contributed by atoms with van der Waals surface area (Å²) in [5.41, 5.74) is 1.22. The highest BCUT2D eigenvalue weighted by molar-refractivity contribution is 7.71. The first-order chi connectivity index (χ1) is 9.11. The van der Waals surface area contributed by atoms with Crippen LogP contribution in [0.15, 0.2) is 12.1 Å². The summed E-state index contributed by atoms with van der Waals surface area (Å²) in [6.07, 6.45) is 0.698. The quantitative estimate of drug-likeness (QED) is 0.581. The van der Waals surface area contributed by atoms with Crippen molar-refractivity contribution in [2.75, 3.05) is 20.3 Å². The highest BCUT2D eigenvalue weighted by Gasteiger charge is 2.13. The summed E-state index contributed by atoms with van der Waals surface area (Å²) in [6, 6.07) is 2.48. The number of fused-ring (bicyclic) bond motifs is 1. The van der Waals surface area contributed by atoms with Gasteiger partial charge in [-0.1, -0.05) is 0 Å². The van der Waals surface area contributed by atoms with E-state index < -0.39 is 5.82 Å². The number of carbonyl (C=O) groups excluding carboxylic acids is 1. The molecule has 0 aliphatic rings. The molecule has 0 saturated carbocycles. The Morgan fingerprint density at radius 3 is 3.00 bits per heavy atom. The predicted octanol–water partition coefficient (Wildman–Crippen LogP) is 2.13. The van der Waals surface area contributed by atoms with Gasteiger partial charge in [-0.25, -0.2) is 4.39 Å². The minimum Gasteiger partial charge on any atom is -0.385 e. The summed E-state index contributed by atoms with van der Waals surface area (Å²) < 4.78 is 18.7. The van der Waals surface area contributed by atoms with E-state index in [2.05, 4.69) is 15.3 Å². The van der Waals surface area contributed by atoms with E-state index in [4.69, 9.17) is 17.0 Å². The lowest BCUT2D eigenvalue weighted by molar-refractivity contribution is 0.0949. The van der Waals surface area contributed by atoms with Crippen LogP contribution in [0.4, 0.5) is 4.39 Å². The van der Waals surface area contributed by atoms with Crippen molar-refractivity contribution in [3.05, 3.63) is 28.3 Å². The smallest absolute Gasteiger partial charge is 0.253 e. The first-order valence-electron chi connectivity index (χ1n) is 5.80. The van der Waals surface area contributed by atoms with Crippen molar-refractivity contribution in [3.8, 4) is 0 Å². The Morgan fingerprint density at radius 2 is 2.26 bits per heavy atom. The molecule has 0 radical (unpaired) electrons.